The molecule has 13 heavy (non-hydrogen) atoms. The van der Waals surface area contributed by atoms with E-state index < -0.39 is 0 Å². The van der Waals surface area contributed by atoms with Crippen molar-refractivity contribution in [1.29, 1.82) is 0 Å². The second-order valence-corrected chi connectivity index (χ2v) is 5.91. The highest BCUT2D eigenvalue weighted by Crippen LogP contribution is 2.42. The topological polar surface area (TPSA) is 9.23 Å². The normalized spacial score (nSPS) is 19.2. The highest BCUT2D eigenvalue weighted by Gasteiger charge is 2.32. The molecule has 0 saturated carbocycles. The molecule has 0 atom stereocenters. The van der Waals surface area contributed by atoms with Gasteiger partial charge in [-0.25, -0.2) is 0 Å². The SMILES string of the molecule is CC(C)(C)C1=C(C(C)(C)C)OCC1. The Labute approximate surface area is 82.2 Å². The van der Waals surface area contributed by atoms with E-state index >= 15 is 0 Å². The summed E-state index contributed by atoms with van der Waals surface area (Å²) in [6.45, 7) is 14.3. The Morgan fingerprint density at radius 1 is 0.923 bits per heavy atom. The minimum absolute atomic E-state index is 0.166. The summed E-state index contributed by atoms with van der Waals surface area (Å²) in [4.78, 5) is 0. The molecule has 0 fully saturated rings. The molecule has 0 aliphatic carbocycles. The largest absolute Gasteiger partial charge is 0.497 e. The monoisotopic (exact) mass is 182 g/mol. The molecule has 0 aromatic carbocycles. The van der Waals surface area contributed by atoms with Gasteiger partial charge in [0.1, 0.15) is 5.76 Å². The van der Waals surface area contributed by atoms with Crippen LogP contribution >= 0.6 is 0 Å². The van der Waals surface area contributed by atoms with Crippen molar-refractivity contribution in [3.8, 4) is 0 Å². The second kappa shape index (κ2) is 3.04. The molecule has 0 amide bonds. The van der Waals surface area contributed by atoms with E-state index in [-0.39, 0.29) is 10.8 Å². The van der Waals surface area contributed by atoms with Gasteiger partial charge in [-0.1, -0.05) is 41.5 Å². The maximum atomic E-state index is 5.74. The zero-order valence-corrected chi connectivity index (χ0v) is 9.82. The van der Waals surface area contributed by atoms with Crippen molar-refractivity contribution in [2.24, 2.45) is 10.8 Å². The van der Waals surface area contributed by atoms with Crippen LogP contribution in [0.5, 0.6) is 0 Å². The lowest BCUT2D eigenvalue weighted by Crippen LogP contribution is -2.16. The predicted molar refractivity (Wildman–Crippen MR) is 56.5 cm³/mol. The molecule has 0 saturated heterocycles. The van der Waals surface area contributed by atoms with Gasteiger partial charge in [0.2, 0.25) is 0 Å². The van der Waals surface area contributed by atoms with Gasteiger partial charge in [-0.2, -0.15) is 0 Å². The standard InChI is InChI=1S/C12H22O/c1-11(2,3)9-7-8-13-10(9)12(4,5)6/h7-8H2,1-6H3. The van der Waals surface area contributed by atoms with E-state index in [2.05, 4.69) is 41.5 Å². The van der Waals surface area contributed by atoms with Gasteiger partial charge in [-0.05, 0) is 11.0 Å². The average Bonchev–Trinajstić information content (AvgIpc) is 2.27. The first kappa shape index (κ1) is 10.6. The lowest BCUT2D eigenvalue weighted by Gasteiger charge is -2.27. The van der Waals surface area contributed by atoms with Crippen LogP contribution in [0, 0.1) is 10.8 Å². The van der Waals surface area contributed by atoms with Crippen molar-refractivity contribution in [2.45, 2.75) is 48.0 Å². The van der Waals surface area contributed by atoms with E-state index in [0.29, 0.717) is 0 Å². The van der Waals surface area contributed by atoms with Crippen LogP contribution in [-0.2, 0) is 4.74 Å². The van der Waals surface area contributed by atoms with Crippen LogP contribution in [0.25, 0.3) is 0 Å². The number of hydrogen-bond acceptors (Lipinski definition) is 1. The van der Waals surface area contributed by atoms with Crippen molar-refractivity contribution in [1.82, 2.24) is 0 Å². The molecule has 1 nitrogen and oxygen atoms in total. The molecular formula is C12H22O. The van der Waals surface area contributed by atoms with Crippen LogP contribution < -0.4 is 0 Å². The van der Waals surface area contributed by atoms with Crippen LogP contribution in [0.15, 0.2) is 11.3 Å². The first-order valence-corrected chi connectivity index (χ1v) is 5.10. The quantitative estimate of drug-likeness (QED) is 0.554. The second-order valence-electron chi connectivity index (χ2n) is 5.91. The molecule has 0 aromatic rings. The summed E-state index contributed by atoms with van der Waals surface area (Å²) < 4.78 is 5.74. The lowest BCUT2D eigenvalue weighted by molar-refractivity contribution is 0.178. The third-order valence-corrected chi connectivity index (χ3v) is 2.46. The first-order valence-electron chi connectivity index (χ1n) is 5.10. The smallest absolute Gasteiger partial charge is 0.101 e. The minimum Gasteiger partial charge on any atom is -0.497 e. The molecule has 1 heterocycles. The molecule has 0 aromatic heterocycles. The Hall–Kier alpha value is -0.460. The molecular weight excluding hydrogens is 160 g/mol. The molecule has 1 aliphatic heterocycles. The Morgan fingerprint density at radius 3 is 1.77 bits per heavy atom. The molecule has 0 radical (unpaired) electrons. The Kier molecular flexibility index (Phi) is 2.48. The fourth-order valence-electron chi connectivity index (χ4n) is 1.84. The fourth-order valence-corrected chi connectivity index (χ4v) is 1.84. The van der Waals surface area contributed by atoms with E-state index in [1.165, 1.54) is 11.3 Å². The predicted octanol–water partition coefficient (Wildman–Crippen LogP) is 3.75. The summed E-state index contributed by atoms with van der Waals surface area (Å²) in [5.74, 6) is 1.22. The molecule has 76 valence electrons. The summed E-state index contributed by atoms with van der Waals surface area (Å²) >= 11 is 0. The molecule has 0 unspecified atom stereocenters. The van der Waals surface area contributed by atoms with E-state index in [4.69, 9.17) is 4.74 Å². The number of rotatable bonds is 0. The summed E-state index contributed by atoms with van der Waals surface area (Å²) in [7, 11) is 0. The van der Waals surface area contributed by atoms with E-state index in [0.717, 1.165) is 13.0 Å². The Morgan fingerprint density at radius 2 is 1.46 bits per heavy atom. The highest BCUT2D eigenvalue weighted by atomic mass is 16.5. The van der Waals surface area contributed by atoms with Crippen LogP contribution in [0.3, 0.4) is 0 Å². The van der Waals surface area contributed by atoms with E-state index in [1.54, 1.807) is 0 Å². The van der Waals surface area contributed by atoms with Gasteiger partial charge in [0.05, 0.1) is 6.61 Å². The van der Waals surface area contributed by atoms with E-state index in [9.17, 15) is 0 Å². The first-order chi connectivity index (χ1) is 5.73. The average molecular weight is 182 g/mol. The van der Waals surface area contributed by atoms with Crippen LogP contribution in [-0.4, -0.2) is 6.61 Å². The van der Waals surface area contributed by atoms with Gasteiger partial charge in [-0.3, -0.25) is 0 Å². The Bertz CT molecular complexity index is 198. The van der Waals surface area contributed by atoms with Gasteiger partial charge in [0.15, 0.2) is 0 Å². The van der Waals surface area contributed by atoms with Gasteiger partial charge in [0, 0.05) is 11.8 Å². The van der Waals surface area contributed by atoms with Gasteiger partial charge in [0.25, 0.3) is 0 Å². The van der Waals surface area contributed by atoms with Crippen molar-refractivity contribution >= 4 is 0 Å². The van der Waals surface area contributed by atoms with Gasteiger partial charge >= 0.3 is 0 Å². The highest BCUT2D eigenvalue weighted by molar-refractivity contribution is 5.23. The van der Waals surface area contributed by atoms with Crippen molar-refractivity contribution in [3.63, 3.8) is 0 Å². The molecule has 1 rings (SSSR count). The fraction of sp³-hybridized carbons (Fsp3) is 0.833. The molecule has 0 N–H and O–H groups in total. The maximum Gasteiger partial charge on any atom is 0.101 e. The van der Waals surface area contributed by atoms with Crippen LogP contribution in [0.2, 0.25) is 0 Å². The van der Waals surface area contributed by atoms with Crippen molar-refractivity contribution in [2.75, 3.05) is 6.61 Å². The third kappa shape index (κ3) is 2.26. The van der Waals surface area contributed by atoms with Crippen molar-refractivity contribution in [3.05, 3.63) is 11.3 Å². The van der Waals surface area contributed by atoms with Crippen LogP contribution in [0.1, 0.15) is 48.0 Å². The summed E-state index contributed by atoms with van der Waals surface area (Å²) in [6, 6.07) is 0. The zero-order valence-electron chi connectivity index (χ0n) is 9.82. The molecule has 0 bridgehead atoms. The Balaban J connectivity index is 3.04. The van der Waals surface area contributed by atoms with Gasteiger partial charge in [-0.15, -0.1) is 0 Å². The summed E-state index contributed by atoms with van der Waals surface area (Å²) in [6.07, 6.45) is 1.11. The zero-order chi connectivity index (χ0) is 10.3. The van der Waals surface area contributed by atoms with Crippen LogP contribution in [0.4, 0.5) is 0 Å². The number of allylic oxidation sites excluding steroid dienone is 1. The van der Waals surface area contributed by atoms with Gasteiger partial charge < -0.3 is 4.74 Å². The molecule has 1 heteroatoms. The summed E-state index contributed by atoms with van der Waals surface area (Å²) in [5, 5.41) is 0. The molecule has 0 spiro atoms. The third-order valence-electron chi connectivity index (χ3n) is 2.46. The van der Waals surface area contributed by atoms with Crippen molar-refractivity contribution < 1.29 is 4.74 Å². The van der Waals surface area contributed by atoms with E-state index in [1.807, 2.05) is 0 Å². The molecule has 1 aliphatic rings. The summed E-state index contributed by atoms with van der Waals surface area (Å²) in [5.41, 5.74) is 1.93. The number of ether oxygens (including phenoxy) is 1. The minimum atomic E-state index is 0.166. The number of hydrogen-bond donors (Lipinski definition) is 0. The maximum absolute atomic E-state index is 5.74. The lowest BCUT2D eigenvalue weighted by atomic mass is 9.79.